The third-order valence-corrected chi connectivity index (χ3v) is 7.63. The molecule has 10 heteroatoms. The molecule has 39 heavy (non-hydrogen) atoms. The standard InChI is InChI=1S/C29H23N5O5/c1-14-16-5-3-2-4-15(16)8-19-17(14)6-7-18-25(19)20(9-22(37)27(18)38)33-28-26-29(31-12-30-28)34(13-32-26)24-10-21(36)23(11-35)39-24/h2-9,12-13,21,23-24,35-36H,10-11H2,1H3,(H,30,31,33)/t21-,23+,24+/m0/s1. The van der Waals surface area contributed by atoms with Crippen molar-refractivity contribution in [2.75, 3.05) is 11.9 Å². The number of fused-ring (bicyclic) bond motifs is 5. The fourth-order valence-corrected chi connectivity index (χ4v) is 5.67. The van der Waals surface area contributed by atoms with Gasteiger partial charge in [0.15, 0.2) is 17.0 Å². The molecule has 0 bridgehead atoms. The van der Waals surface area contributed by atoms with Crippen LogP contribution in [0.2, 0.25) is 0 Å². The fourth-order valence-electron chi connectivity index (χ4n) is 5.67. The Hall–Kier alpha value is -4.51. The number of aryl methyl sites for hydroxylation is 1. The minimum Gasteiger partial charge on any atom is -0.394 e. The maximum absolute atomic E-state index is 12.9. The third kappa shape index (κ3) is 3.57. The number of carbonyl (C=O) groups excluding carboxylic acids is 2. The Morgan fingerprint density at radius 1 is 1.08 bits per heavy atom. The Kier molecular flexibility index (Phi) is 5.31. The number of ketones is 2. The molecule has 0 spiro atoms. The average molecular weight is 522 g/mol. The third-order valence-electron chi connectivity index (χ3n) is 7.63. The molecule has 2 aromatic heterocycles. The number of carbonyl (C=O) groups is 2. The summed E-state index contributed by atoms with van der Waals surface area (Å²) in [4.78, 5) is 38.9. The lowest BCUT2D eigenvalue weighted by atomic mass is 9.86. The Morgan fingerprint density at radius 2 is 1.92 bits per heavy atom. The summed E-state index contributed by atoms with van der Waals surface area (Å²) in [6, 6.07) is 13.7. The van der Waals surface area contributed by atoms with Gasteiger partial charge in [-0.3, -0.25) is 14.2 Å². The lowest BCUT2D eigenvalue weighted by Gasteiger charge is -2.21. The van der Waals surface area contributed by atoms with E-state index in [0.29, 0.717) is 33.8 Å². The number of hydrogen-bond donors (Lipinski definition) is 3. The van der Waals surface area contributed by atoms with Crippen LogP contribution in [0.3, 0.4) is 0 Å². The predicted octanol–water partition coefficient (Wildman–Crippen LogP) is 3.30. The molecule has 2 aliphatic rings. The highest BCUT2D eigenvalue weighted by Gasteiger charge is 2.35. The van der Waals surface area contributed by atoms with Crippen LogP contribution < -0.4 is 5.32 Å². The van der Waals surface area contributed by atoms with Crippen LogP contribution >= 0.6 is 0 Å². The van der Waals surface area contributed by atoms with Crippen molar-refractivity contribution in [1.82, 2.24) is 19.5 Å². The first kappa shape index (κ1) is 23.6. The van der Waals surface area contributed by atoms with Gasteiger partial charge in [-0.15, -0.1) is 0 Å². The Labute approximate surface area is 221 Å². The zero-order valence-corrected chi connectivity index (χ0v) is 20.8. The molecule has 194 valence electrons. The summed E-state index contributed by atoms with van der Waals surface area (Å²) in [5.74, 6) is -0.832. The van der Waals surface area contributed by atoms with E-state index in [-0.39, 0.29) is 13.0 Å². The van der Waals surface area contributed by atoms with Crippen LogP contribution in [0.15, 0.2) is 61.2 Å². The number of nitrogens with one attached hydrogen (secondary N) is 1. The second-order valence-electron chi connectivity index (χ2n) is 9.84. The van der Waals surface area contributed by atoms with Gasteiger partial charge in [0.05, 0.1) is 24.7 Å². The van der Waals surface area contributed by atoms with Gasteiger partial charge in [0, 0.05) is 23.6 Å². The van der Waals surface area contributed by atoms with Crippen LogP contribution in [-0.2, 0) is 9.53 Å². The molecule has 7 rings (SSSR count). The van der Waals surface area contributed by atoms with Gasteiger partial charge in [-0.2, -0.15) is 0 Å². The van der Waals surface area contributed by atoms with E-state index >= 15 is 0 Å². The summed E-state index contributed by atoms with van der Waals surface area (Å²) in [6.07, 6.45) is 2.45. The summed E-state index contributed by atoms with van der Waals surface area (Å²) < 4.78 is 7.47. The molecule has 0 unspecified atom stereocenters. The molecule has 1 aliphatic heterocycles. The number of benzene rings is 3. The maximum Gasteiger partial charge on any atom is 0.233 e. The second kappa shape index (κ2) is 8.77. The van der Waals surface area contributed by atoms with E-state index in [1.54, 1.807) is 17.0 Å². The van der Waals surface area contributed by atoms with Crippen molar-refractivity contribution < 1.29 is 24.5 Å². The van der Waals surface area contributed by atoms with Crippen molar-refractivity contribution in [2.24, 2.45) is 0 Å². The number of nitrogens with zero attached hydrogens (tertiary/aromatic N) is 4. The first-order valence-corrected chi connectivity index (χ1v) is 12.6. The molecule has 1 saturated heterocycles. The SMILES string of the molecule is Cc1c2ccccc2cc2c3c(ccc12)C(=O)C(=O)C=C3Nc1ncnc2c1ncn2[C@H]1C[C@H](O)[C@@H](CO)O1. The molecule has 0 saturated carbocycles. The molecular weight excluding hydrogens is 498 g/mol. The summed E-state index contributed by atoms with van der Waals surface area (Å²) in [5, 5.41) is 26.9. The zero-order chi connectivity index (χ0) is 26.8. The van der Waals surface area contributed by atoms with E-state index < -0.39 is 30.0 Å². The lowest BCUT2D eigenvalue weighted by molar-refractivity contribution is -0.111. The molecule has 10 nitrogen and oxygen atoms in total. The number of allylic oxidation sites excluding steroid dienone is 1. The van der Waals surface area contributed by atoms with Gasteiger partial charge in [-0.25, -0.2) is 15.0 Å². The highest BCUT2D eigenvalue weighted by Crippen LogP contribution is 2.38. The first-order chi connectivity index (χ1) is 18.9. The van der Waals surface area contributed by atoms with Crippen LogP contribution in [0.1, 0.15) is 34.1 Å². The molecular formula is C29H23N5O5. The number of imidazole rings is 1. The van der Waals surface area contributed by atoms with E-state index in [0.717, 1.165) is 27.1 Å². The van der Waals surface area contributed by atoms with Gasteiger partial charge in [-0.1, -0.05) is 30.3 Å². The summed E-state index contributed by atoms with van der Waals surface area (Å²) >= 11 is 0. The molecule has 1 fully saturated rings. The van der Waals surface area contributed by atoms with E-state index in [2.05, 4.69) is 26.3 Å². The monoisotopic (exact) mass is 521 g/mol. The molecule has 5 aromatic rings. The van der Waals surface area contributed by atoms with Crippen molar-refractivity contribution in [2.45, 2.75) is 31.8 Å². The van der Waals surface area contributed by atoms with Crippen molar-refractivity contribution in [3.05, 3.63) is 77.9 Å². The van der Waals surface area contributed by atoms with E-state index in [9.17, 15) is 19.8 Å². The van der Waals surface area contributed by atoms with Crippen LogP contribution in [0.4, 0.5) is 5.82 Å². The second-order valence-corrected chi connectivity index (χ2v) is 9.84. The molecule has 0 radical (unpaired) electrons. The molecule has 0 amide bonds. The van der Waals surface area contributed by atoms with Crippen molar-refractivity contribution in [3.8, 4) is 0 Å². The minimum atomic E-state index is -0.808. The van der Waals surface area contributed by atoms with Gasteiger partial charge >= 0.3 is 0 Å². The number of aliphatic hydroxyl groups is 2. The molecule has 3 N–H and O–H groups in total. The van der Waals surface area contributed by atoms with Crippen molar-refractivity contribution >= 4 is 55.8 Å². The molecule has 3 aromatic carbocycles. The summed E-state index contributed by atoms with van der Waals surface area (Å²) in [6.45, 7) is 1.75. The number of aromatic nitrogens is 4. The Bertz CT molecular complexity index is 1880. The minimum absolute atomic E-state index is 0.276. The zero-order valence-electron chi connectivity index (χ0n) is 20.8. The lowest BCUT2D eigenvalue weighted by Crippen LogP contribution is -2.24. The van der Waals surface area contributed by atoms with Crippen molar-refractivity contribution in [1.29, 1.82) is 0 Å². The van der Waals surface area contributed by atoms with Crippen LogP contribution in [-0.4, -0.2) is 60.1 Å². The van der Waals surface area contributed by atoms with Gasteiger partial charge < -0.3 is 20.3 Å². The number of Topliss-reactive ketones (excluding diaryl/α,β-unsaturated/α-hetero) is 1. The van der Waals surface area contributed by atoms with Crippen molar-refractivity contribution in [3.63, 3.8) is 0 Å². The first-order valence-electron chi connectivity index (χ1n) is 12.6. The highest BCUT2D eigenvalue weighted by atomic mass is 16.5. The predicted molar refractivity (Wildman–Crippen MR) is 144 cm³/mol. The average Bonchev–Trinajstić information content (AvgIpc) is 3.55. The topological polar surface area (TPSA) is 139 Å². The van der Waals surface area contributed by atoms with Gasteiger partial charge in [0.25, 0.3) is 0 Å². The molecule has 3 heterocycles. The van der Waals surface area contributed by atoms with E-state index in [1.807, 2.05) is 37.3 Å². The fraction of sp³-hybridized carbons (Fsp3) is 0.207. The highest BCUT2D eigenvalue weighted by molar-refractivity contribution is 6.51. The largest absolute Gasteiger partial charge is 0.394 e. The summed E-state index contributed by atoms with van der Waals surface area (Å²) in [5.41, 5.74) is 3.37. The van der Waals surface area contributed by atoms with E-state index in [1.165, 1.54) is 12.4 Å². The number of anilines is 1. The molecule has 1 aliphatic carbocycles. The molecule has 3 atom stereocenters. The van der Waals surface area contributed by atoms with Gasteiger partial charge in [-0.05, 0) is 46.2 Å². The maximum atomic E-state index is 12.9. The Morgan fingerprint density at radius 3 is 2.74 bits per heavy atom. The smallest absolute Gasteiger partial charge is 0.233 e. The van der Waals surface area contributed by atoms with E-state index in [4.69, 9.17) is 4.74 Å². The van der Waals surface area contributed by atoms with Crippen LogP contribution in [0.5, 0.6) is 0 Å². The normalized spacial score (nSPS) is 21.1. The van der Waals surface area contributed by atoms with Gasteiger partial charge in [0.1, 0.15) is 18.7 Å². The Balaban J connectivity index is 1.36. The van der Waals surface area contributed by atoms with Crippen LogP contribution in [0, 0.1) is 6.92 Å². The number of hydrogen-bond acceptors (Lipinski definition) is 9. The summed E-state index contributed by atoms with van der Waals surface area (Å²) in [7, 11) is 0. The van der Waals surface area contributed by atoms with Gasteiger partial charge in [0.2, 0.25) is 11.6 Å². The number of rotatable bonds is 4. The number of aliphatic hydroxyl groups excluding tert-OH is 2. The number of ether oxygens (including phenoxy) is 1. The van der Waals surface area contributed by atoms with Crippen LogP contribution in [0.25, 0.3) is 38.4 Å². The quantitative estimate of drug-likeness (QED) is 0.240.